The van der Waals surface area contributed by atoms with Crippen molar-refractivity contribution in [1.29, 1.82) is 0 Å². The molecule has 0 spiro atoms. The fraction of sp³-hybridized carbons (Fsp3) is 0.455. The summed E-state index contributed by atoms with van der Waals surface area (Å²) in [5.74, 6) is 1.72. The standard InChI is InChI=1S/C11H15NO2.H2O/c1-8(12-2)5-9-3-4-10-11(6-9)14-7-13-10;/h3-4,6,8,12H,5,7H2,1-2H3;1H2. The third-order valence-electron chi connectivity index (χ3n) is 2.47. The molecule has 1 unspecified atom stereocenters. The molecule has 1 aliphatic rings. The monoisotopic (exact) mass is 211 g/mol. The van der Waals surface area contributed by atoms with E-state index in [9.17, 15) is 0 Å². The minimum Gasteiger partial charge on any atom is -0.454 e. The number of hydrogen-bond donors (Lipinski definition) is 1. The molecule has 0 saturated carbocycles. The minimum atomic E-state index is 0. The Labute approximate surface area is 89.5 Å². The largest absolute Gasteiger partial charge is 0.454 e. The van der Waals surface area contributed by atoms with E-state index in [0.29, 0.717) is 12.8 Å². The number of nitrogens with one attached hydrogen (secondary N) is 1. The number of rotatable bonds is 3. The lowest BCUT2D eigenvalue weighted by molar-refractivity contribution is 0.174. The molecule has 0 aromatic heterocycles. The van der Waals surface area contributed by atoms with Crippen molar-refractivity contribution in [2.75, 3.05) is 13.8 Å². The Balaban J connectivity index is 0.00000112. The van der Waals surface area contributed by atoms with Crippen LogP contribution in [0.3, 0.4) is 0 Å². The zero-order chi connectivity index (χ0) is 9.97. The number of fused-ring (bicyclic) bond motifs is 1. The Bertz CT molecular complexity index is 328. The zero-order valence-corrected chi connectivity index (χ0v) is 9.04. The number of benzene rings is 1. The normalized spacial score (nSPS) is 14.5. The lowest BCUT2D eigenvalue weighted by Crippen LogP contribution is -2.23. The predicted octanol–water partition coefficient (Wildman–Crippen LogP) is 0.741. The van der Waals surface area contributed by atoms with E-state index < -0.39 is 0 Å². The second-order valence-electron chi connectivity index (χ2n) is 3.58. The van der Waals surface area contributed by atoms with Gasteiger partial charge in [0.2, 0.25) is 6.79 Å². The van der Waals surface area contributed by atoms with E-state index in [0.717, 1.165) is 17.9 Å². The van der Waals surface area contributed by atoms with Crippen LogP contribution in [0.25, 0.3) is 0 Å². The van der Waals surface area contributed by atoms with Crippen LogP contribution in [0.1, 0.15) is 12.5 Å². The van der Waals surface area contributed by atoms with Gasteiger partial charge >= 0.3 is 0 Å². The third-order valence-corrected chi connectivity index (χ3v) is 2.47. The van der Waals surface area contributed by atoms with Crippen molar-refractivity contribution in [2.45, 2.75) is 19.4 Å². The van der Waals surface area contributed by atoms with E-state index >= 15 is 0 Å². The average molecular weight is 211 g/mol. The van der Waals surface area contributed by atoms with Crippen LogP contribution < -0.4 is 14.8 Å². The van der Waals surface area contributed by atoms with Gasteiger partial charge in [0.15, 0.2) is 11.5 Å². The summed E-state index contributed by atoms with van der Waals surface area (Å²) >= 11 is 0. The predicted molar refractivity (Wildman–Crippen MR) is 58.4 cm³/mol. The van der Waals surface area contributed by atoms with Crippen LogP contribution in [0, 0.1) is 0 Å². The molecule has 84 valence electrons. The topological polar surface area (TPSA) is 62.0 Å². The summed E-state index contributed by atoms with van der Waals surface area (Å²) in [6.45, 7) is 2.50. The van der Waals surface area contributed by atoms with Crippen molar-refractivity contribution in [2.24, 2.45) is 0 Å². The van der Waals surface area contributed by atoms with Gasteiger partial charge in [-0.2, -0.15) is 0 Å². The minimum absolute atomic E-state index is 0. The first-order valence-electron chi connectivity index (χ1n) is 4.85. The molecule has 0 amide bonds. The lowest BCUT2D eigenvalue weighted by atomic mass is 10.1. The first-order chi connectivity index (χ1) is 6.79. The molecule has 0 radical (unpaired) electrons. The Hall–Kier alpha value is -1.26. The Morgan fingerprint density at radius 2 is 2.07 bits per heavy atom. The van der Waals surface area contributed by atoms with E-state index in [1.165, 1.54) is 5.56 Å². The molecular formula is C11H17NO3. The number of likely N-dealkylation sites (N-methyl/N-ethyl adjacent to an activating group) is 1. The summed E-state index contributed by atoms with van der Waals surface area (Å²) in [4.78, 5) is 0. The first kappa shape index (κ1) is 11.8. The quantitative estimate of drug-likeness (QED) is 0.802. The maximum Gasteiger partial charge on any atom is 0.231 e. The number of ether oxygens (including phenoxy) is 2. The summed E-state index contributed by atoms with van der Waals surface area (Å²) in [6, 6.07) is 6.59. The smallest absolute Gasteiger partial charge is 0.231 e. The molecule has 1 aliphatic heterocycles. The highest BCUT2D eigenvalue weighted by molar-refractivity contribution is 5.44. The van der Waals surface area contributed by atoms with E-state index in [-0.39, 0.29) is 5.48 Å². The van der Waals surface area contributed by atoms with Gasteiger partial charge in [-0.15, -0.1) is 0 Å². The van der Waals surface area contributed by atoms with Crippen molar-refractivity contribution in [3.8, 4) is 11.5 Å². The van der Waals surface area contributed by atoms with Crippen molar-refractivity contribution < 1.29 is 14.9 Å². The van der Waals surface area contributed by atoms with Gasteiger partial charge in [0.1, 0.15) is 0 Å². The maximum atomic E-state index is 5.31. The molecule has 1 aromatic carbocycles. The fourth-order valence-electron chi connectivity index (χ4n) is 1.52. The Morgan fingerprint density at radius 3 is 2.80 bits per heavy atom. The van der Waals surface area contributed by atoms with Crippen LogP contribution in [0.4, 0.5) is 0 Å². The van der Waals surface area contributed by atoms with Gasteiger partial charge in [0, 0.05) is 6.04 Å². The summed E-state index contributed by atoms with van der Waals surface area (Å²) in [5.41, 5.74) is 1.27. The van der Waals surface area contributed by atoms with Gasteiger partial charge in [-0.1, -0.05) is 6.07 Å². The fourth-order valence-corrected chi connectivity index (χ4v) is 1.52. The molecule has 1 heterocycles. The molecule has 3 N–H and O–H groups in total. The van der Waals surface area contributed by atoms with Crippen LogP contribution in [0.2, 0.25) is 0 Å². The average Bonchev–Trinajstić information content (AvgIpc) is 2.64. The molecule has 4 heteroatoms. The summed E-state index contributed by atoms with van der Waals surface area (Å²) in [7, 11) is 1.97. The molecule has 1 atom stereocenters. The van der Waals surface area contributed by atoms with Crippen molar-refractivity contribution in [3.05, 3.63) is 23.8 Å². The van der Waals surface area contributed by atoms with Crippen LogP contribution in [-0.4, -0.2) is 25.4 Å². The molecule has 15 heavy (non-hydrogen) atoms. The van der Waals surface area contributed by atoms with Gasteiger partial charge in [-0.25, -0.2) is 0 Å². The summed E-state index contributed by atoms with van der Waals surface area (Å²) in [5, 5.41) is 3.21. The summed E-state index contributed by atoms with van der Waals surface area (Å²) < 4.78 is 10.6. The van der Waals surface area contributed by atoms with Crippen LogP contribution >= 0.6 is 0 Å². The second kappa shape index (κ2) is 5.00. The number of hydrogen-bond acceptors (Lipinski definition) is 3. The lowest BCUT2D eigenvalue weighted by Gasteiger charge is -2.09. The van der Waals surface area contributed by atoms with Crippen molar-refractivity contribution >= 4 is 0 Å². The van der Waals surface area contributed by atoms with Crippen molar-refractivity contribution in [1.82, 2.24) is 5.32 Å². The molecule has 0 saturated heterocycles. The molecule has 1 aromatic rings. The SMILES string of the molecule is CNC(C)Cc1ccc2c(c1)OCO2.O. The molecule has 0 fully saturated rings. The van der Waals surface area contributed by atoms with Crippen LogP contribution in [0.15, 0.2) is 18.2 Å². The van der Waals surface area contributed by atoms with Crippen molar-refractivity contribution in [3.63, 3.8) is 0 Å². The maximum absolute atomic E-state index is 5.31. The van der Waals surface area contributed by atoms with Gasteiger partial charge in [0.25, 0.3) is 0 Å². The van der Waals surface area contributed by atoms with Gasteiger partial charge < -0.3 is 20.3 Å². The molecule has 0 bridgehead atoms. The Morgan fingerprint density at radius 1 is 1.33 bits per heavy atom. The first-order valence-corrected chi connectivity index (χ1v) is 4.85. The molecule has 0 aliphatic carbocycles. The van der Waals surface area contributed by atoms with Gasteiger partial charge in [0.05, 0.1) is 0 Å². The van der Waals surface area contributed by atoms with Crippen LogP contribution in [-0.2, 0) is 6.42 Å². The van der Waals surface area contributed by atoms with E-state index in [2.05, 4.69) is 24.4 Å². The molecular weight excluding hydrogens is 194 g/mol. The molecule has 2 rings (SSSR count). The van der Waals surface area contributed by atoms with E-state index in [1.807, 2.05) is 13.1 Å². The zero-order valence-electron chi connectivity index (χ0n) is 9.04. The molecule has 4 nitrogen and oxygen atoms in total. The highest BCUT2D eigenvalue weighted by atomic mass is 16.7. The highest BCUT2D eigenvalue weighted by Crippen LogP contribution is 2.32. The van der Waals surface area contributed by atoms with E-state index in [4.69, 9.17) is 9.47 Å². The third kappa shape index (κ3) is 2.61. The van der Waals surface area contributed by atoms with Gasteiger partial charge in [-0.3, -0.25) is 0 Å². The summed E-state index contributed by atoms with van der Waals surface area (Å²) in [6.07, 6.45) is 1.01. The highest BCUT2D eigenvalue weighted by Gasteiger charge is 2.13. The second-order valence-corrected chi connectivity index (χ2v) is 3.58. The Kier molecular flexibility index (Phi) is 3.94. The van der Waals surface area contributed by atoms with Gasteiger partial charge in [-0.05, 0) is 38.1 Å². The van der Waals surface area contributed by atoms with Crippen LogP contribution in [0.5, 0.6) is 11.5 Å². The van der Waals surface area contributed by atoms with E-state index in [1.54, 1.807) is 0 Å².